The third kappa shape index (κ3) is 3.54. The molecule has 1 aliphatic rings. The number of aliphatic imine (C=N–C) groups is 1. The number of halogens is 1. The highest BCUT2D eigenvalue weighted by atomic mass is 79.9. The number of nitrogens with zero attached hydrogens (tertiary/aromatic N) is 2. The van der Waals surface area contributed by atoms with Crippen LogP contribution in [0.5, 0.6) is 5.75 Å². The first-order chi connectivity index (χ1) is 12.7. The van der Waals surface area contributed by atoms with Crippen molar-refractivity contribution < 1.29 is 5.11 Å². The van der Waals surface area contributed by atoms with Gasteiger partial charge < -0.3 is 5.11 Å². The van der Waals surface area contributed by atoms with Gasteiger partial charge in [-0.15, -0.1) is 0 Å². The molecule has 3 aromatic rings. The molecule has 4 rings (SSSR count). The first kappa shape index (κ1) is 16.9. The van der Waals surface area contributed by atoms with E-state index in [2.05, 4.69) is 38.4 Å². The molecule has 1 aromatic heterocycles. The van der Waals surface area contributed by atoms with Gasteiger partial charge in [0.1, 0.15) is 11.9 Å². The van der Waals surface area contributed by atoms with E-state index in [4.69, 9.17) is 4.99 Å². The average molecular weight is 408 g/mol. The van der Waals surface area contributed by atoms with Gasteiger partial charge in [-0.1, -0.05) is 46.3 Å². The Hall–Kier alpha value is -2.50. The molecule has 1 aliphatic heterocycles. The Kier molecular flexibility index (Phi) is 4.82. The Morgan fingerprint density at radius 2 is 1.73 bits per heavy atom. The van der Waals surface area contributed by atoms with Crippen molar-refractivity contribution in [2.75, 3.05) is 0 Å². The molecule has 2 heterocycles. The number of benzene rings is 2. The van der Waals surface area contributed by atoms with Crippen LogP contribution in [0, 0.1) is 0 Å². The fraction of sp³-hybridized carbons (Fsp3) is 0.143. The van der Waals surface area contributed by atoms with Crippen molar-refractivity contribution in [3.63, 3.8) is 0 Å². The van der Waals surface area contributed by atoms with E-state index in [-0.39, 0.29) is 18.0 Å². The molecule has 0 saturated carbocycles. The van der Waals surface area contributed by atoms with Crippen LogP contribution >= 0.6 is 15.9 Å². The van der Waals surface area contributed by atoms with Crippen LogP contribution in [0.1, 0.15) is 35.4 Å². The number of rotatable bonds is 3. The second-order valence-electron chi connectivity index (χ2n) is 6.23. The number of phenols is 1. The van der Waals surface area contributed by atoms with Crippen LogP contribution in [-0.4, -0.2) is 15.8 Å². The van der Waals surface area contributed by atoms with E-state index in [0.717, 1.165) is 27.0 Å². The monoisotopic (exact) mass is 407 g/mol. The Labute approximate surface area is 160 Å². The molecule has 0 saturated heterocycles. The Bertz CT molecular complexity index is 926. The zero-order valence-corrected chi connectivity index (χ0v) is 15.6. The van der Waals surface area contributed by atoms with Gasteiger partial charge in [-0.05, 0) is 42.0 Å². The Morgan fingerprint density at radius 3 is 2.46 bits per heavy atom. The van der Waals surface area contributed by atoms with Gasteiger partial charge in [0.25, 0.3) is 0 Å². The number of para-hydroxylation sites is 1. The van der Waals surface area contributed by atoms with E-state index >= 15 is 0 Å². The van der Waals surface area contributed by atoms with Gasteiger partial charge in [0.05, 0.1) is 17.4 Å². The van der Waals surface area contributed by atoms with Gasteiger partial charge >= 0.3 is 0 Å². The molecule has 5 heteroatoms. The van der Waals surface area contributed by atoms with Crippen LogP contribution in [0.3, 0.4) is 0 Å². The van der Waals surface area contributed by atoms with Crippen molar-refractivity contribution >= 4 is 21.6 Å². The summed E-state index contributed by atoms with van der Waals surface area (Å²) in [6.07, 6.45) is 2.28. The normalized spacial score (nSPS) is 19.8. The summed E-state index contributed by atoms with van der Waals surface area (Å²) in [6.45, 7) is 0. The van der Waals surface area contributed by atoms with Gasteiger partial charge in [-0.25, -0.2) is 0 Å². The van der Waals surface area contributed by atoms with E-state index in [9.17, 15) is 5.11 Å². The molecule has 0 spiro atoms. The summed E-state index contributed by atoms with van der Waals surface area (Å²) in [5.41, 5.74) is 3.70. The lowest BCUT2D eigenvalue weighted by Crippen LogP contribution is -2.33. The quantitative estimate of drug-likeness (QED) is 0.656. The minimum absolute atomic E-state index is 0.0250. The molecule has 26 heavy (non-hydrogen) atoms. The zero-order valence-electron chi connectivity index (χ0n) is 14.0. The summed E-state index contributed by atoms with van der Waals surface area (Å²) < 4.78 is 1.03. The van der Waals surface area contributed by atoms with Crippen LogP contribution in [0.15, 0.2) is 82.4 Å². The smallest absolute Gasteiger partial charge is 0.126 e. The number of aromatic nitrogens is 1. The lowest BCUT2D eigenvalue weighted by atomic mass is 9.96. The summed E-state index contributed by atoms with van der Waals surface area (Å²) >= 11 is 3.48. The molecular weight excluding hydrogens is 390 g/mol. The van der Waals surface area contributed by atoms with Gasteiger partial charge in [0.2, 0.25) is 0 Å². The predicted octanol–water partition coefficient (Wildman–Crippen LogP) is 4.77. The highest BCUT2D eigenvalue weighted by molar-refractivity contribution is 9.10. The zero-order chi connectivity index (χ0) is 17.9. The summed E-state index contributed by atoms with van der Waals surface area (Å²) in [5, 5.41) is 13.9. The largest absolute Gasteiger partial charge is 0.507 e. The van der Waals surface area contributed by atoms with Crippen LogP contribution in [0.2, 0.25) is 0 Å². The average Bonchev–Trinajstić information content (AvgIpc) is 2.69. The van der Waals surface area contributed by atoms with Crippen molar-refractivity contribution in [2.24, 2.45) is 4.99 Å². The number of aromatic hydroxyl groups is 1. The van der Waals surface area contributed by atoms with E-state index in [1.807, 2.05) is 48.5 Å². The number of hydrogen-bond donors (Lipinski definition) is 2. The van der Waals surface area contributed by atoms with E-state index in [0.29, 0.717) is 6.42 Å². The molecule has 2 N–H and O–H groups in total. The maximum absolute atomic E-state index is 10.3. The molecule has 0 bridgehead atoms. The van der Waals surface area contributed by atoms with Gasteiger partial charge in [-0.3, -0.25) is 15.3 Å². The lowest BCUT2D eigenvalue weighted by Gasteiger charge is -2.30. The van der Waals surface area contributed by atoms with Gasteiger partial charge in [-0.2, -0.15) is 0 Å². The third-order valence-electron chi connectivity index (χ3n) is 4.49. The molecule has 0 radical (unpaired) electrons. The Morgan fingerprint density at radius 1 is 0.962 bits per heavy atom. The van der Waals surface area contributed by atoms with Crippen molar-refractivity contribution in [2.45, 2.75) is 18.6 Å². The molecule has 130 valence electrons. The molecule has 0 fully saturated rings. The molecule has 0 unspecified atom stereocenters. The van der Waals surface area contributed by atoms with Crippen molar-refractivity contribution in [1.29, 1.82) is 0 Å². The van der Waals surface area contributed by atoms with Crippen molar-refractivity contribution in [3.8, 4) is 5.75 Å². The van der Waals surface area contributed by atoms with Gasteiger partial charge in [0, 0.05) is 22.7 Å². The van der Waals surface area contributed by atoms with Crippen LogP contribution in [-0.2, 0) is 0 Å². The van der Waals surface area contributed by atoms with E-state index in [1.165, 1.54) is 0 Å². The molecule has 0 aliphatic carbocycles. The van der Waals surface area contributed by atoms with Crippen molar-refractivity contribution in [3.05, 3.63) is 94.2 Å². The topological polar surface area (TPSA) is 57.5 Å². The number of hydrogen-bond acceptors (Lipinski definition) is 4. The number of nitrogens with one attached hydrogen (secondary N) is 1. The first-order valence-corrected chi connectivity index (χ1v) is 9.27. The standard InChI is InChI=1S/C21H18BrN3O/c22-15-10-8-14(9-11-15)21-24-18(16-5-1-2-7-20(16)26)13-19(25-21)17-6-3-4-12-23-17/h1-12,19,21,25-26H,13H2/t19-,21+/m0/s1. The minimum atomic E-state index is -0.196. The SMILES string of the molecule is Oc1ccccc1C1=N[C@@H](c2ccc(Br)cc2)N[C@H](c2ccccn2)C1. The summed E-state index contributed by atoms with van der Waals surface area (Å²) in [6, 6.07) is 21.4. The van der Waals surface area contributed by atoms with Gasteiger partial charge in [0.15, 0.2) is 0 Å². The number of pyridine rings is 1. The second kappa shape index (κ2) is 7.40. The highest BCUT2D eigenvalue weighted by Gasteiger charge is 2.27. The van der Waals surface area contributed by atoms with Crippen LogP contribution in [0.4, 0.5) is 0 Å². The Balaban J connectivity index is 1.75. The lowest BCUT2D eigenvalue weighted by molar-refractivity contribution is 0.432. The summed E-state index contributed by atoms with van der Waals surface area (Å²) in [4.78, 5) is 9.40. The summed E-state index contributed by atoms with van der Waals surface area (Å²) in [5.74, 6) is 0.252. The van der Waals surface area contributed by atoms with E-state index in [1.54, 1.807) is 12.3 Å². The number of phenolic OH excluding ortho intramolecular Hbond substituents is 1. The fourth-order valence-corrected chi connectivity index (χ4v) is 3.44. The second-order valence-corrected chi connectivity index (χ2v) is 7.14. The molecule has 2 aromatic carbocycles. The summed E-state index contributed by atoms with van der Waals surface area (Å²) in [7, 11) is 0. The van der Waals surface area contributed by atoms with Crippen LogP contribution in [0.25, 0.3) is 0 Å². The highest BCUT2D eigenvalue weighted by Crippen LogP contribution is 2.32. The molecular formula is C21H18BrN3O. The van der Waals surface area contributed by atoms with E-state index < -0.39 is 0 Å². The third-order valence-corrected chi connectivity index (χ3v) is 5.02. The predicted molar refractivity (Wildman–Crippen MR) is 106 cm³/mol. The maximum atomic E-state index is 10.3. The molecule has 0 amide bonds. The fourth-order valence-electron chi connectivity index (χ4n) is 3.17. The maximum Gasteiger partial charge on any atom is 0.126 e. The van der Waals surface area contributed by atoms with Crippen LogP contribution < -0.4 is 5.32 Å². The molecule has 4 nitrogen and oxygen atoms in total. The molecule has 2 atom stereocenters. The van der Waals surface area contributed by atoms with Crippen molar-refractivity contribution in [1.82, 2.24) is 10.3 Å². The first-order valence-electron chi connectivity index (χ1n) is 8.48. The minimum Gasteiger partial charge on any atom is -0.507 e.